The molecule has 0 aliphatic carbocycles. The van der Waals surface area contributed by atoms with E-state index in [0.29, 0.717) is 67.0 Å². The highest BCUT2D eigenvalue weighted by molar-refractivity contribution is 5.64. The van der Waals surface area contributed by atoms with Crippen LogP contribution in [0, 0.1) is 0 Å². The van der Waals surface area contributed by atoms with Gasteiger partial charge in [0.25, 0.3) is 0 Å². The van der Waals surface area contributed by atoms with Gasteiger partial charge in [-0.05, 0) is 30.9 Å². The molecule has 2 aliphatic rings. The highest BCUT2D eigenvalue weighted by Crippen LogP contribution is 2.51. The summed E-state index contributed by atoms with van der Waals surface area (Å²) in [4.78, 5) is 0. The molecule has 0 radical (unpaired) electrons. The Balaban J connectivity index is 1.56. The highest BCUT2D eigenvalue weighted by Gasteiger charge is 2.31. The minimum Gasteiger partial charge on any atom is -0.504 e. The molecule has 0 saturated carbocycles. The van der Waals surface area contributed by atoms with Crippen LogP contribution in [0.15, 0.2) is 12.1 Å². The third-order valence-corrected chi connectivity index (χ3v) is 5.52. The monoisotopic (exact) mass is 432 g/mol. The van der Waals surface area contributed by atoms with Gasteiger partial charge in [0, 0.05) is 11.1 Å². The van der Waals surface area contributed by atoms with E-state index in [1.807, 2.05) is 6.07 Å². The topological polar surface area (TPSA) is 95.8 Å². The van der Waals surface area contributed by atoms with Crippen LogP contribution in [0.3, 0.4) is 0 Å². The molecule has 2 aliphatic heterocycles. The summed E-state index contributed by atoms with van der Waals surface area (Å²) >= 11 is 0. The lowest BCUT2D eigenvalue weighted by Gasteiger charge is -2.30. The minimum absolute atomic E-state index is 0.178. The van der Waals surface area contributed by atoms with E-state index in [1.54, 1.807) is 20.3 Å². The predicted molar refractivity (Wildman–Crippen MR) is 113 cm³/mol. The van der Waals surface area contributed by atoms with Gasteiger partial charge in [-0.3, -0.25) is 0 Å². The predicted octanol–water partition coefficient (Wildman–Crippen LogP) is 3.78. The second-order valence-corrected chi connectivity index (χ2v) is 7.86. The van der Waals surface area contributed by atoms with Gasteiger partial charge in [0.1, 0.15) is 25.9 Å². The summed E-state index contributed by atoms with van der Waals surface area (Å²) in [5, 5.41) is 20.7. The number of aromatic hydroxyl groups is 2. The van der Waals surface area contributed by atoms with Gasteiger partial charge in [-0.2, -0.15) is 0 Å². The van der Waals surface area contributed by atoms with Gasteiger partial charge in [0.2, 0.25) is 23.0 Å². The third-order valence-electron chi connectivity index (χ3n) is 5.52. The molecule has 2 aromatic rings. The fourth-order valence-electron chi connectivity index (χ4n) is 3.89. The molecule has 1 atom stereocenters. The van der Waals surface area contributed by atoms with Crippen LogP contribution in [0.1, 0.15) is 37.3 Å². The van der Waals surface area contributed by atoms with E-state index in [4.69, 9.17) is 28.4 Å². The molecule has 2 aromatic carbocycles. The van der Waals surface area contributed by atoms with Crippen molar-refractivity contribution < 1.29 is 38.6 Å². The van der Waals surface area contributed by atoms with Crippen molar-refractivity contribution in [2.45, 2.75) is 38.7 Å². The Morgan fingerprint density at radius 3 is 2.45 bits per heavy atom. The summed E-state index contributed by atoms with van der Waals surface area (Å²) in [5.74, 6) is 2.59. The number of phenols is 2. The van der Waals surface area contributed by atoms with Crippen LogP contribution in [0.5, 0.6) is 46.0 Å². The lowest BCUT2D eigenvalue weighted by atomic mass is 9.99. The van der Waals surface area contributed by atoms with Crippen molar-refractivity contribution in [1.82, 2.24) is 0 Å². The molecule has 0 amide bonds. The van der Waals surface area contributed by atoms with Crippen molar-refractivity contribution in [2.75, 3.05) is 34.0 Å². The van der Waals surface area contributed by atoms with Gasteiger partial charge in [-0.15, -0.1) is 0 Å². The number of rotatable bonds is 6. The van der Waals surface area contributed by atoms with E-state index in [9.17, 15) is 10.2 Å². The second-order valence-electron chi connectivity index (χ2n) is 7.86. The van der Waals surface area contributed by atoms with Crippen molar-refractivity contribution in [3.63, 3.8) is 0 Å². The van der Waals surface area contributed by atoms with Crippen LogP contribution in [0.2, 0.25) is 0 Å². The molecular formula is C23H28O8. The third kappa shape index (κ3) is 3.82. The van der Waals surface area contributed by atoms with Crippen LogP contribution >= 0.6 is 0 Å². The fourth-order valence-corrected chi connectivity index (χ4v) is 3.89. The molecule has 0 bridgehead atoms. The number of hydrogen-bond donors (Lipinski definition) is 2. The zero-order valence-electron chi connectivity index (χ0n) is 18.2. The summed E-state index contributed by atoms with van der Waals surface area (Å²) in [6.45, 7) is 5.19. The molecule has 4 rings (SSSR count). The van der Waals surface area contributed by atoms with Gasteiger partial charge < -0.3 is 38.6 Å². The van der Waals surface area contributed by atoms with Gasteiger partial charge in [-0.1, -0.05) is 13.8 Å². The lowest BCUT2D eigenvalue weighted by Crippen LogP contribution is -2.30. The maximum absolute atomic E-state index is 10.4. The van der Waals surface area contributed by atoms with Gasteiger partial charge in [0.05, 0.1) is 14.2 Å². The van der Waals surface area contributed by atoms with Gasteiger partial charge >= 0.3 is 0 Å². The molecule has 8 nitrogen and oxygen atoms in total. The molecule has 2 heterocycles. The van der Waals surface area contributed by atoms with E-state index in [1.165, 1.54) is 0 Å². The van der Waals surface area contributed by atoms with Crippen LogP contribution in [-0.2, 0) is 6.42 Å². The average molecular weight is 432 g/mol. The van der Waals surface area contributed by atoms with Gasteiger partial charge in [-0.25, -0.2) is 0 Å². The Morgan fingerprint density at radius 1 is 0.968 bits per heavy atom. The first kappa shape index (κ1) is 21.1. The Bertz CT molecular complexity index is 969. The maximum atomic E-state index is 10.4. The quantitative estimate of drug-likeness (QED) is 0.666. The molecule has 8 heteroatoms. The van der Waals surface area contributed by atoms with Crippen LogP contribution < -0.4 is 28.4 Å². The molecule has 168 valence electrons. The average Bonchev–Trinajstić information content (AvgIpc) is 2.79. The standard InChI is InChI=1S/C23H28O8/c1-12(2)15-10-16(26-3)22-23(20(15)27-4)31-14(11-30-22)6-5-13-9-17-21(19(25)18(13)24)29-8-7-28-17/h9-10,12,14,24-25H,5-8,11H2,1-4H3. The molecule has 0 aromatic heterocycles. The number of hydrogen-bond acceptors (Lipinski definition) is 8. The van der Waals surface area contributed by atoms with E-state index >= 15 is 0 Å². The summed E-state index contributed by atoms with van der Waals surface area (Å²) in [6.07, 6.45) is 0.717. The van der Waals surface area contributed by atoms with Crippen LogP contribution in [0.25, 0.3) is 0 Å². The second kappa shape index (κ2) is 8.53. The molecular weight excluding hydrogens is 404 g/mol. The van der Waals surface area contributed by atoms with Crippen molar-refractivity contribution >= 4 is 0 Å². The van der Waals surface area contributed by atoms with Crippen LogP contribution in [-0.4, -0.2) is 50.4 Å². The van der Waals surface area contributed by atoms with E-state index in [-0.39, 0.29) is 29.3 Å². The Kier molecular flexibility index (Phi) is 5.80. The summed E-state index contributed by atoms with van der Waals surface area (Å²) in [7, 11) is 3.20. The number of ether oxygens (including phenoxy) is 6. The Morgan fingerprint density at radius 2 is 1.74 bits per heavy atom. The van der Waals surface area contributed by atoms with Crippen LogP contribution in [0.4, 0.5) is 0 Å². The lowest BCUT2D eigenvalue weighted by molar-refractivity contribution is 0.0777. The molecule has 2 N–H and O–H groups in total. The van der Waals surface area contributed by atoms with Crippen molar-refractivity contribution in [3.05, 3.63) is 23.3 Å². The smallest absolute Gasteiger partial charge is 0.208 e. The largest absolute Gasteiger partial charge is 0.504 e. The minimum atomic E-state index is -0.300. The fraction of sp³-hybridized carbons (Fsp3) is 0.478. The zero-order valence-corrected chi connectivity index (χ0v) is 18.2. The molecule has 0 saturated heterocycles. The Labute approximate surface area is 181 Å². The number of fused-ring (bicyclic) bond motifs is 2. The Hall–Kier alpha value is -3.16. The van der Waals surface area contributed by atoms with Crippen molar-refractivity contribution in [1.29, 1.82) is 0 Å². The summed E-state index contributed by atoms with van der Waals surface area (Å²) < 4.78 is 34.3. The van der Waals surface area contributed by atoms with Crippen molar-refractivity contribution in [2.24, 2.45) is 0 Å². The number of methoxy groups -OCH3 is 2. The normalized spacial score (nSPS) is 16.9. The number of phenolic OH excluding ortho intramolecular Hbond substituents is 2. The molecule has 0 fully saturated rings. The maximum Gasteiger partial charge on any atom is 0.208 e. The first-order valence-corrected chi connectivity index (χ1v) is 10.4. The highest BCUT2D eigenvalue weighted by atomic mass is 16.6. The number of benzene rings is 2. The first-order valence-electron chi connectivity index (χ1n) is 10.4. The summed E-state index contributed by atoms with van der Waals surface area (Å²) in [5.41, 5.74) is 1.52. The zero-order chi connectivity index (χ0) is 22.1. The van der Waals surface area contributed by atoms with Crippen molar-refractivity contribution in [3.8, 4) is 46.0 Å². The molecule has 31 heavy (non-hydrogen) atoms. The molecule has 1 unspecified atom stereocenters. The van der Waals surface area contributed by atoms with Gasteiger partial charge in [0.15, 0.2) is 23.0 Å². The van der Waals surface area contributed by atoms with E-state index in [2.05, 4.69) is 13.8 Å². The summed E-state index contributed by atoms with van der Waals surface area (Å²) in [6, 6.07) is 3.61. The molecule has 0 spiro atoms. The van der Waals surface area contributed by atoms with E-state index < -0.39 is 0 Å². The SMILES string of the molecule is COc1cc(C(C)C)c(OC)c2c1OCC(CCc1cc3c(c(O)c1O)OCCO3)O2. The number of aryl methyl sites for hydroxylation is 1. The first-order chi connectivity index (χ1) is 14.9. The van der Waals surface area contributed by atoms with E-state index in [0.717, 1.165) is 5.56 Å².